The molecule has 2 rings (SSSR count). The molecule has 19 heavy (non-hydrogen) atoms. The summed E-state index contributed by atoms with van der Waals surface area (Å²) in [7, 11) is 0. The van der Waals surface area contributed by atoms with Crippen LogP contribution in [-0.4, -0.2) is 27.7 Å². The Labute approximate surface area is 126 Å². The molecule has 1 aliphatic rings. The molecule has 1 heterocycles. The number of thioether (sulfide) groups is 1. The summed E-state index contributed by atoms with van der Waals surface area (Å²) in [5.41, 5.74) is 0.868. The molecule has 1 fully saturated rings. The lowest BCUT2D eigenvalue weighted by Gasteiger charge is -2.17. The summed E-state index contributed by atoms with van der Waals surface area (Å²) in [5, 5.41) is 1.23. The highest BCUT2D eigenvalue weighted by Crippen LogP contribution is 2.28. The van der Waals surface area contributed by atoms with Crippen molar-refractivity contribution < 1.29 is 9.59 Å². The van der Waals surface area contributed by atoms with Crippen molar-refractivity contribution in [3.8, 4) is 0 Å². The van der Waals surface area contributed by atoms with Crippen LogP contribution >= 0.6 is 35.0 Å². The van der Waals surface area contributed by atoms with E-state index in [0.29, 0.717) is 29.6 Å². The van der Waals surface area contributed by atoms with E-state index in [4.69, 9.17) is 23.2 Å². The number of benzene rings is 1. The largest absolute Gasteiger partial charge is 0.337 e. The highest BCUT2D eigenvalue weighted by atomic mass is 35.5. The van der Waals surface area contributed by atoms with Gasteiger partial charge in [0.2, 0.25) is 5.91 Å². The van der Waals surface area contributed by atoms with E-state index in [9.17, 15) is 9.59 Å². The number of amides is 1. The Hall–Kier alpha value is -0.710. The third kappa shape index (κ3) is 3.88. The van der Waals surface area contributed by atoms with Crippen molar-refractivity contribution >= 4 is 46.0 Å². The van der Waals surface area contributed by atoms with Gasteiger partial charge in [-0.1, -0.05) is 41.0 Å². The zero-order chi connectivity index (χ0) is 14.0. The van der Waals surface area contributed by atoms with Crippen molar-refractivity contribution in [2.24, 2.45) is 0 Å². The van der Waals surface area contributed by atoms with Crippen LogP contribution in [0.4, 0.5) is 0 Å². The molecule has 1 unspecified atom stereocenters. The van der Waals surface area contributed by atoms with Crippen LogP contribution in [0.5, 0.6) is 0 Å². The topological polar surface area (TPSA) is 37.4 Å². The first-order valence-electron chi connectivity index (χ1n) is 5.84. The lowest BCUT2D eigenvalue weighted by molar-refractivity contribution is -0.128. The van der Waals surface area contributed by atoms with Crippen molar-refractivity contribution in [2.75, 3.05) is 6.54 Å². The van der Waals surface area contributed by atoms with E-state index < -0.39 is 0 Å². The van der Waals surface area contributed by atoms with Crippen molar-refractivity contribution in [1.82, 2.24) is 4.90 Å². The van der Waals surface area contributed by atoms with Gasteiger partial charge in [0, 0.05) is 41.7 Å². The summed E-state index contributed by atoms with van der Waals surface area (Å²) in [6, 6.07) is 5.25. The maximum atomic E-state index is 11.9. The summed E-state index contributed by atoms with van der Waals surface area (Å²) in [5.74, 6) is 0.0600. The molecule has 6 heteroatoms. The van der Waals surface area contributed by atoms with Gasteiger partial charge in [-0.3, -0.25) is 9.59 Å². The van der Waals surface area contributed by atoms with E-state index in [-0.39, 0.29) is 16.3 Å². The van der Waals surface area contributed by atoms with Gasteiger partial charge < -0.3 is 4.90 Å². The Morgan fingerprint density at radius 2 is 2.21 bits per heavy atom. The quantitative estimate of drug-likeness (QED) is 0.857. The number of nitrogens with zero attached hydrogens (tertiary/aromatic N) is 1. The smallest absolute Gasteiger partial charge is 0.224 e. The van der Waals surface area contributed by atoms with Crippen LogP contribution in [0.15, 0.2) is 18.2 Å². The monoisotopic (exact) mass is 317 g/mol. The number of hydrogen-bond acceptors (Lipinski definition) is 3. The Morgan fingerprint density at radius 3 is 2.84 bits per heavy atom. The molecule has 0 N–H and O–H groups in total. The van der Waals surface area contributed by atoms with Crippen LogP contribution in [0.2, 0.25) is 10.0 Å². The molecule has 0 spiro atoms. The summed E-state index contributed by atoms with van der Waals surface area (Å²) >= 11 is 13.2. The molecule has 102 valence electrons. The summed E-state index contributed by atoms with van der Waals surface area (Å²) in [6.45, 7) is 2.57. The van der Waals surface area contributed by atoms with Gasteiger partial charge in [0.25, 0.3) is 0 Å². The minimum Gasteiger partial charge on any atom is -0.337 e. The molecule has 0 bridgehead atoms. The second-order valence-corrected chi connectivity index (χ2v) is 6.77. The number of rotatable bonds is 3. The van der Waals surface area contributed by atoms with Crippen LogP contribution in [0.1, 0.15) is 18.9 Å². The molecule has 3 nitrogen and oxygen atoms in total. The van der Waals surface area contributed by atoms with Crippen LogP contribution in [-0.2, 0) is 16.1 Å². The SMILES string of the molecule is CC(=O)SC1CC(=O)N(Cc2ccc(Cl)cc2Cl)C1. The first kappa shape index (κ1) is 14.7. The second kappa shape index (κ2) is 6.16. The summed E-state index contributed by atoms with van der Waals surface area (Å²) in [6.07, 6.45) is 0.412. The lowest BCUT2D eigenvalue weighted by atomic mass is 10.2. The van der Waals surface area contributed by atoms with Crippen LogP contribution in [0.25, 0.3) is 0 Å². The number of halogens is 2. The molecule has 1 atom stereocenters. The fourth-order valence-corrected chi connectivity index (χ4v) is 3.48. The fourth-order valence-electron chi connectivity index (χ4n) is 2.06. The maximum absolute atomic E-state index is 11.9. The van der Waals surface area contributed by atoms with E-state index in [1.54, 1.807) is 17.0 Å². The molecule has 0 radical (unpaired) electrons. The third-order valence-corrected chi connectivity index (χ3v) is 4.46. The fraction of sp³-hybridized carbons (Fsp3) is 0.385. The molecule has 0 saturated carbocycles. The average Bonchev–Trinajstić information content (AvgIpc) is 2.62. The minimum atomic E-state index is 0.0455. The van der Waals surface area contributed by atoms with Crippen molar-refractivity contribution in [2.45, 2.75) is 25.1 Å². The predicted molar refractivity (Wildman–Crippen MR) is 78.6 cm³/mol. The molecule has 1 aromatic carbocycles. The average molecular weight is 318 g/mol. The normalized spacial score (nSPS) is 19.0. The van der Waals surface area contributed by atoms with Crippen molar-refractivity contribution in [1.29, 1.82) is 0 Å². The molecular formula is C13H13Cl2NO2S. The highest BCUT2D eigenvalue weighted by Gasteiger charge is 2.31. The van der Waals surface area contributed by atoms with E-state index in [2.05, 4.69) is 0 Å². The Kier molecular flexibility index (Phi) is 4.76. The van der Waals surface area contributed by atoms with Gasteiger partial charge >= 0.3 is 0 Å². The number of carbonyl (C=O) groups excluding carboxylic acids is 2. The Bertz CT molecular complexity index is 521. The summed E-state index contributed by atoms with van der Waals surface area (Å²) < 4.78 is 0. The number of likely N-dealkylation sites (tertiary alicyclic amines) is 1. The van der Waals surface area contributed by atoms with E-state index >= 15 is 0 Å². The van der Waals surface area contributed by atoms with Crippen LogP contribution in [0.3, 0.4) is 0 Å². The van der Waals surface area contributed by atoms with Gasteiger partial charge in [0.1, 0.15) is 0 Å². The van der Waals surface area contributed by atoms with Crippen molar-refractivity contribution in [3.05, 3.63) is 33.8 Å². The number of carbonyl (C=O) groups is 2. The summed E-state index contributed by atoms with van der Waals surface area (Å²) in [4.78, 5) is 24.7. The van der Waals surface area contributed by atoms with Crippen LogP contribution in [0, 0.1) is 0 Å². The minimum absolute atomic E-state index is 0.0455. The molecule has 0 aliphatic carbocycles. The van der Waals surface area contributed by atoms with Gasteiger partial charge in [-0.05, 0) is 17.7 Å². The van der Waals surface area contributed by atoms with Gasteiger partial charge in [0.05, 0.1) is 0 Å². The third-order valence-electron chi connectivity index (χ3n) is 2.89. The predicted octanol–water partition coefficient (Wildman–Crippen LogP) is 3.37. The van der Waals surface area contributed by atoms with Crippen molar-refractivity contribution in [3.63, 3.8) is 0 Å². The van der Waals surface area contributed by atoms with E-state index in [0.717, 1.165) is 5.56 Å². The lowest BCUT2D eigenvalue weighted by Crippen LogP contribution is -2.25. The number of hydrogen-bond donors (Lipinski definition) is 0. The second-order valence-electron chi connectivity index (χ2n) is 4.45. The Balaban J connectivity index is 2.03. The molecule has 0 aromatic heterocycles. The molecule has 1 aliphatic heterocycles. The molecule has 1 aromatic rings. The zero-order valence-electron chi connectivity index (χ0n) is 10.4. The standard InChI is InChI=1S/C13H13Cl2NO2S/c1-8(17)19-11-5-13(18)16(7-11)6-9-2-3-10(14)4-12(9)15/h2-4,11H,5-7H2,1H3. The first-order valence-corrected chi connectivity index (χ1v) is 7.48. The highest BCUT2D eigenvalue weighted by molar-refractivity contribution is 8.14. The van der Waals surface area contributed by atoms with E-state index in [1.807, 2.05) is 6.07 Å². The van der Waals surface area contributed by atoms with Crippen LogP contribution < -0.4 is 0 Å². The first-order chi connectivity index (χ1) is 8.95. The molecule has 1 saturated heterocycles. The molecule has 1 amide bonds. The van der Waals surface area contributed by atoms with Gasteiger partial charge in [0.15, 0.2) is 5.12 Å². The van der Waals surface area contributed by atoms with E-state index in [1.165, 1.54) is 18.7 Å². The van der Waals surface area contributed by atoms with Gasteiger partial charge in [-0.15, -0.1) is 0 Å². The maximum Gasteiger partial charge on any atom is 0.224 e. The van der Waals surface area contributed by atoms with Gasteiger partial charge in [-0.25, -0.2) is 0 Å². The zero-order valence-corrected chi connectivity index (χ0v) is 12.7. The van der Waals surface area contributed by atoms with Gasteiger partial charge in [-0.2, -0.15) is 0 Å². The molecular weight excluding hydrogens is 305 g/mol. The Morgan fingerprint density at radius 1 is 1.47 bits per heavy atom.